The summed E-state index contributed by atoms with van der Waals surface area (Å²) in [5.41, 5.74) is 5.88. The third-order valence-electron chi connectivity index (χ3n) is 3.24. The first-order valence-corrected chi connectivity index (χ1v) is 9.19. The van der Waals surface area contributed by atoms with E-state index in [9.17, 15) is 17.7 Å². The first-order valence-electron chi connectivity index (χ1n) is 7.19. The lowest BCUT2D eigenvalue weighted by Crippen LogP contribution is -2.05. The minimum atomic E-state index is -4.50. The third-order valence-corrected chi connectivity index (χ3v) is 4.00. The number of nitrogens with two attached hydrogens (primary N) is 1. The van der Waals surface area contributed by atoms with Crippen molar-refractivity contribution >= 4 is 25.3 Å². The van der Waals surface area contributed by atoms with E-state index in [4.69, 9.17) is 31.3 Å². The zero-order chi connectivity index (χ0) is 19.5. The Morgan fingerprint density at radius 3 is 2.42 bits per heavy atom. The molecule has 0 aromatic heterocycles. The molecule has 0 amide bonds. The Bertz CT molecular complexity index is 830. The number of rotatable bonds is 6. The lowest BCUT2D eigenvalue weighted by molar-refractivity contribution is -0.137. The van der Waals surface area contributed by atoms with Crippen LogP contribution in [-0.2, 0) is 15.3 Å². The van der Waals surface area contributed by atoms with Crippen molar-refractivity contribution in [2.45, 2.75) is 13.1 Å². The van der Waals surface area contributed by atoms with E-state index in [1.807, 2.05) is 0 Å². The Morgan fingerprint density at radius 2 is 1.85 bits per heavy atom. The number of halogens is 4. The third kappa shape index (κ3) is 5.24. The summed E-state index contributed by atoms with van der Waals surface area (Å²) in [6.07, 6.45) is -4.50. The predicted octanol–water partition coefficient (Wildman–Crippen LogP) is 5.77. The molecule has 2 N–H and O–H groups in total. The molecule has 0 aliphatic carbocycles. The molecule has 1 atom stereocenters. The lowest BCUT2D eigenvalue weighted by atomic mass is 10.1. The highest BCUT2D eigenvalue weighted by atomic mass is 35.5. The first-order chi connectivity index (χ1) is 12.1. The molecule has 0 aliphatic rings. The number of nitrogen functional groups attached to an aromatic ring is 1. The molecule has 0 spiro atoms. The fourth-order valence-electron chi connectivity index (χ4n) is 1.97. The topological polar surface area (TPSA) is 70.8 Å². The molecule has 1 unspecified atom stereocenters. The molecule has 0 fully saturated rings. The van der Waals surface area contributed by atoms with Crippen LogP contribution in [0.1, 0.15) is 11.1 Å². The molecule has 2 aromatic carbocycles. The summed E-state index contributed by atoms with van der Waals surface area (Å²) in [4.78, 5) is 0. The summed E-state index contributed by atoms with van der Waals surface area (Å²) in [6.45, 7) is 2.80. The van der Waals surface area contributed by atoms with Crippen molar-refractivity contribution in [2.75, 3.05) is 19.2 Å². The minimum absolute atomic E-state index is 0.0476. The second kappa shape index (κ2) is 8.12. The van der Waals surface area contributed by atoms with Gasteiger partial charge in [-0.3, -0.25) is 0 Å². The molecule has 2 rings (SSSR count). The highest BCUT2D eigenvalue weighted by Crippen LogP contribution is 2.39. The molecule has 0 saturated carbocycles. The van der Waals surface area contributed by atoms with Crippen LogP contribution in [-0.4, -0.2) is 13.5 Å². The van der Waals surface area contributed by atoms with Gasteiger partial charge in [0, 0.05) is 6.07 Å². The van der Waals surface area contributed by atoms with Crippen molar-refractivity contribution in [1.29, 1.82) is 0 Å². The van der Waals surface area contributed by atoms with Gasteiger partial charge in [0.1, 0.15) is 17.2 Å². The molecular formula is C16H15ClF3NO4P+. The molecule has 26 heavy (non-hydrogen) atoms. The standard InChI is InChI=1S/C16H15ClF3NO4P/c1-9-5-12(21)15(23-8-24-26(2)22)7-14(9)25-13-4-3-10(6-11(13)17)16(18,19)20/h3-7H,8,21H2,1-2H3/q+1. The largest absolute Gasteiger partial charge is 0.508 e. The molecule has 140 valence electrons. The fraction of sp³-hybridized carbons (Fsp3) is 0.250. The number of ether oxygens (including phenoxy) is 2. The van der Waals surface area contributed by atoms with Gasteiger partial charge in [-0.15, -0.1) is 4.52 Å². The fourth-order valence-corrected chi connectivity index (χ4v) is 2.39. The normalized spacial score (nSPS) is 12.0. The van der Waals surface area contributed by atoms with Gasteiger partial charge in [0.15, 0.2) is 6.66 Å². The van der Waals surface area contributed by atoms with Gasteiger partial charge in [0.25, 0.3) is 0 Å². The lowest BCUT2D eigenvalue weighted by Gasteiger charge is -2.15. The van der Waals surface area contributed by atoms with E-state index in [1.54, 1.807) is 13.0 Å². The molecule has 2 aromatic rings. The van der Waals surface area contributed by atoms with Crippen LogP contribution in [0.15, 0.2) is 30.3 Å². The molecule has 0 heterocycles. The van der Waals surface area contributed by atoms with E-state index in [0.29, 0.717) is 11.3 Å². The highest BCUT2D eigenvalue weighted by Gasteiger charge is 2.31. The van der Waals surface area contributed by atoms with E-state index >= 15 is 0 Å². The van der Waals surface area contributed by atoms with Crippen LogP contribution < -0.4 is 15.2 Å². The van der Waals surface area contributed by atoms with Crippen LogP contribution in [0.3, 0.4) is 0 Å². The van der Waals surface area contributed by atoms with E-state index in [1.165, 1.54) is 12.7 Å². The van der Waals surface area contributed by atoms with Crippen LogP contribution >= 0.6 is 19.6 Å². The van der Waals surface area contributed by atoms with Gasteiger partial charge in [-0.05, 0) is 41.3 Å². The van der Waals surface area contributed by atoms with Crippen LogP contribution in [0.4, 0.5) is 18.9 Å². The number of alkyl halides is 3. The molecule has 0 bridgehead atoms. The van der Waals surface area contributed by atoms with Crippen molar-refractivity contribution in [3.8, 4) is 17.2 Å². The second-order valence-electron chi connectivity index (χ2n) is 5.23. The van der Waals surface area contributed by atoms with Gasteiger partial charge >= 0.3 is 14.2 Å². The van der Waals surface area contributed by atoms with Crippen molar-refractivity contribution in [2.24, 2.45) is 0 Å². The number of benzene rings is 2. The van der Waals surface area contributed by atoms with Crippen molar-refractivity contribution in [1.82, 2.24) is 0 Å². The van der Waals surface area contributed by atoms with Crippen LogP contribution in [0, 0.1) is 6.92 Å². The van der Waals surface area contributed by atoms with Crippen LogP contribution in [0.2, 0.25) is 5.02 Å². The smallest absolute Gasteiger partial charge is 0.460 e. The molecule has 10 heteroatoms. The second-order valence-corrected chi connectivity index (χ2v) is 6.78. The van der Waals surface area contributed by atoms with E-state index < -0.39 is 19.8 Å². The quantitative estimate of drug-likeness (QED) is 0.373. The summed E-state index contributed by atoms with van der Waals surface area (Å²) < 4.78 is 64.7. The molecule has 0 radical (unpaired) electrons. The summed E-state index contributed by atoms with van der Waals surface area (Å²) in [6, 6.07) is 5.80. The van der Waals surface area contributed by atoms with E-state index in [0.717, 1.165) is 18.2 Å². The summed E-state index contributed by atoms with van der Waals surface area (Å²) >= 11 is 5.89. The molecule has 0 aliphatic heterocycles. The van der Waals surface area contributed by atoms with Gasteiger partial charge in [-0.2, -0.15) is 13.2 Å². The number of hydrogen-bond donors (Lipinski definition) is 1. The summed E-state index contributed by atoms with van der Waals surface area (Å²) in [5, 5.41) is -0.190. The van der Waals surface area contributed by atoms with Crippen molar-refractivity contribution in [3.63, 3.8) is 0 Å². The minimum Gasteiger partial charge on any atom is -0.460 e. The highest BCUT2D eigenvalue weighted by molar-refractivity contribution is 7.38. The maximum absolute atomic E-state index is 12.7. The Kier molecular flexibility index (Phi) is 6.34. The number of anilines is 1. The van der Waals surface area contributed by atoms with Crippen LogP contribution in [0.25, 0.3) is 0 Å². The number of hydrogen-bond acceptors (Lipinski definition) is 5. The average molecular weight is 409 g/mol. The Balaban J connectivity index is 2.25. The maximum atomic E-state index is 12.7. The van der Waals surface area contributed by atoms with Gasteiger partial charge in [-0.1, -0.05) is 11.6 Å². The maximum Gasteiger partial charge on any atom is 0.508 e. The van der Waals surface area contributed by atoms with Gasteiger partial charge in [-0.25, -0.2) is 0 Å². The van der Waals surface area contributed by atoms with Gasteiger partial charge in [0.05, 0.1) is 16.3 Å². The van der Waals surface area contributed by atoms with Gasteiger partial charge < -0.3 is 15.2 Å². The van der Waals surface area contributed by atoms with E-state index in [-0.39, 0.29) is 29.1 Å². The zero-order valence-electron chi connectivity index (χ0n) is 13.8. The first kappa shape index (κ1) is 20.3. The monoisotopic (exact) mass is 408 g/mol. The average Bonchev–Trinajstić information content (AvgIpc) is 2.51. The van der Waals surface area contributed by atoms with Crippen LogP contribution in [0.5, 0.6) is 17.2 Å². The Labute approximate surface area is 153 Å². The zero-order valence-corrected chi connectivity index (χ0v) is 15.4. The number of aryl methyl sites for hydroxylation is 1. The summed E-state index contributed by atoms with van der Waals surface area (Å²) in [5.74, 6) is 0.550. The Hall–Kier alpha value is -2.02. The molecular weight excluding hydrogens is 394 g/mol. The Morgan fingerprint density at radius 1 is 1.15 bits per heavy atom. The SMILES string of the molecule is Cc1cc(N)c(OCO[P+](C)=O)cc1Oc1ccc(C(F)(F)F)cc1Cl. The van der Waals surface area contributed by atoms with Gasteiger partial charge in [0.2, 0.25) is 6.79 Å². The predicted molar refractivity (Wildman–Crippen MR) is 92.2 cm³/mol. The summed E-state index contributed by atoms with van der Waals surface area (Å²) in [7, 11) is -1.83. The van der Waals surface area contributed by atoms with Crippen molar-refractivity contribution < 1.29 is 31.7 Å². The van der Waals surface area contributed by atoms with Crippen molar-refractivity contribution in [3.05, 3.63) is 46.5 Å². The molecule has 5 nitrogen and oxygen atoms in total. The molecule has 0 saturated heterocycles. The van der Waals surface area contributed by atoms with E-state index in [2.05, 4.69) is 0 Å².